The van der Waals surface area contributed by atoms with Crippen LogP contribution in [0.15, 0.2) is 58.6 Å². The molecule has 2 aliphatic heterocycles. The number of methoxy groups -OCH3 is 1. The van der Waals surface area contributed by atoms with Gasteiger partial charge in [-0.15, -0.1) is 0 Å². The SMILES string of the molecule is COC(=O)c1cccc(C(=O)C2CCN(C(=O)CC(C)(C)CC3=NC(=O)C4C=CC=CC4=N3)CC2)c1. The second kappa shape index (κ2) is 10.5. The molecule has 2 amide bonds. The third-order valence-electron chi connectivity index (χ3n) is 6.82. The van der Waals surface area contributed by atoms with Crippen molar-refractivity contribution in [2.45, 2.75) is 39.5 Å². The van der Waals surface area contributed by atoms with Gasteiger partial charge in [-0.2, -0.15) is 4.99 Å². The summed E-state index contributed by atoms with van der Waals surface area (Å²) in [6.45, 7) is 4.96. The number of ether oxygens (including phenoxy) is 1. The van der Waals surface area contributed by atoms with Crippen molar-refractivity contribution in [3.05, 3.63) is 59.7 Å². The van der Waals surface area contributed by atoms with Crippen LogP contribution in [-0.4, -0.2) is 60.2 Å². The van der Waals surface area contributed by atoms with E-state index in [1.807, 2.05) is 32.1 Å². The Hall–Kier alpha value is -3.68. The third kappa shape index (κ3) is 5.75. The van der Waals surface area contributed by atoms with Crippen molar-refractivity contribution in [1.82, 2.24) is 4.90 Å². The number of hydrogen-bond donors (Lipinski definition) is 0. The molecule has 36 heavy (non-hydrogen) atoms. The summed E-state index contributed by atoms with van der Waals surface area (Å²) in [5.74, 6) is -0.836. The molecule has 0 spiro atoms. The van der Waals surface area contributed by atoms with Gasteiger partial charge < -0.3 is 9.64 Å². The van der Waals surface area contributed by atoms with Gasteiger partial charge in [-0.3, -0.25) is 14.4 Å². The molecule has 0 bridgehead atoms. The van der Waals surface area contributed by atoms with E-state index in [0.717, 1.165) is 0 Å². The number of amidine groups is 1. The quantitative estimate of drug-likeness (QED) is 0.428. The van der Waals surface area contributed by atoms with Crippen LogP contribution in [0.3, 0.4) is 0 Å². The molecule has 0 saturated carbocycles. The van der Waals surface area contributed by atoms with Gasteiger partial charge >= 0.3 is 5.97 Å². The molecule has 3 aliphatic rings. The largest absolute Gasteiger partial charge is 0.465 e. The predicted molar refractivity (Wildman–Crippen MR) is 136 cm³/mol. The summed E-state index contributed by atoms with van der Waals surface area (Å²) in [7, 11) is 1.31. The van der Waals surface area contributed by atoms with Crippen molar-refractivity contribution in [3.8, 4) is 0 Å². The van der Waals surface area contributed by atoms with Crippen LogP contribution in [0.25, 0.3) is 0 Å². The number of carbonyl (C=O) groups is 4. The fraction of sp³-hybridized carbons (Fsp3) is 0.429. The molecule has 188 valence electrons. The Morgan fingerprint density at radius 1 is 1.08 bits per heavy atom. The van der Waals surface area contributed by atoms with Gasteiger partial charge in [-0.05, 0) is 36.5 Å². The van der Waals surface area contributed by atoms with Crippen LogP contribution in [0.1, 0.15) is 60.2 Å². The van der Waals surface area contributed by atoms with Gasteiger partial charge in [0.25, 0.3) is 5.91 Å². The normalized spacial score (nSPS) is 19.9. The maximum atomic E-state index is 13.1. The molecule has 0 aromatic heterocycles. The summed E-state index contributed by atoms with van der Waals surface area (Å²) in [6, 6.07) is 6.57. The second-order valence-corrected chi connectivity index (χ2v) is 10.2. The molecule has 1 atom stereocenters. The van der Waals surface area contributed by atoms with Crippen LogP contribution in [-0.2, 0) is 14.3 Å². The second-order valence-electron chi connectivity index (χ2n) is 10.2. The summed E-state index contributed by atoms with van der Waals surface area (Å²) in [6.07, 6.45) is 9.15. The Morgan fingerprint density at radius 3 is 2.53 bits per heavy atom. The van der Waals surface area contributed by atoms with Crippen LogP contribution in [0, 0.1) is 17.3 Å². The molecule has 4 rings (SSSR count). The van der Waals surface area contributed by atoms with E-state index in [-0.39, 0.29) is 23.5 Å². The van der Waals surface area contributed by atoms with Gasteiger partial charge in [-0.1, -0.05) is 44.2 Å². The first-order chi connectivity index (χ1) is 17.2. The minimum atomic E-state index is -0.477. The highest BCUT2D eigenvalue weighted by atomic mass is 16.5. The summed E-state index contributed by atoms with van der Waals surface area (Å²) in [5.41, 5.74) is 1.10. The number of ketones is 1. The lowest BCUT2D eigenvalue weighted by Gasteiger charge is -2.34. The number of aliphatic imine (C=N–C) groups is 2. The fourth-order valence-corrected chi connectivity index (χ4v) is 4.85. The first-order valence-electron chi connectivity index (χ1n) is 12.2. The van der Waals surface area contributed by atoms with Crippen LogP contribution >= 0.6 is 0 Å². The number of fused-ring (bicyclic) bond motifs is 1. The number of Topliss-reactive ketones (excluding diaryl/α,β-unsaturated/α-hetero) is 1. The number of allylic oxidation sites excluding steroid dienone is 3. The molecule has 2 heterocycles. The van der Waals surface area contributed by atoms with E-state index in [0.29, 0.717) is 61.4 Å². The zero-order valence-corrected chi connectivity index (χ0v) is 20.9. The van der Waals surface area contributed by atoms with Gasteiger partial charge in [0.15, 0.2) is 5.78 Å². The first-order valence-corrected chi connectivity index (χ1v) is 12.2. The van der Waals surface area contributed by atoms with Crippen molar-refractivity contribution >= 4 is 35.1 Å². The topological polar surface area (TPSA) is 105 Å². The Kier molecular flexibility index (Phi) is 7.43. The number of amides is 2. The number of likely N-dealkylation sites (tertiary alicyclic amines) is 1. The van der Waals surface area contributed by atoms with E-state index < -0.39 is 17.3 Å². The number of benzene rings is 1. The molecule has 8 nitrogen and oxygen atoms in total. The number of carbonyl (C=O) groups excluding carboxylic acids is 4. The molecular formula is C28H31N3O5. The Balaban J connectivity index is 1.31. The molecule has 1 aliphatic carbocycles. The van der Waals surface area contributed by atoms with Crippen LogP contribution in [0.2, 0.25) is 0 Å². The van der Waals surface area contributed by atoms with Crippen molar-refractivity contribution < 1.29 is 23.9 Å². The van der Waals surface area contributed by atoms with E-state index in [2.05, 4.69) is 9.98 Å². The standard InChI is InChI=1S/C28H31N3O5/c1-28(2,16-23-29-22-10-5-4-9-21(22)26(34)30-23)17-24(32)31-13-11-18(12-14-31)25(33)19-7-6-8-20(15-19)27(35)36-3/h4-10,15,18,21H,11-14,16-17H2,1-3H3. The Labute approximate surface area is 210 Å². The molecule has 1 aromatic carbocycles. The van der Waals surface area contributed by atoms with Crippen molar-refractivity contribution in [2.75, 3.05) is 20.2 Å². The number of esters is 1. The number of nitrogens with zero attached hydrogens (tertiary/aromatic N) is 3. The third-order valence-corrected chi connectivity index (χ3v) is 6.82. The smallest absolute Gasteiger partial charge is 0.337 e. The molecule has 0 radical (unpaired) electrons. The maximum absolute atomic E-state index is 13.1. The average molecular weight is 490 g/mol. The van der Waals surface area contributed by atoms with E-state index in [9.17, 15) is 19.2 Å². The van der Waals surface area contributed by atoms with E-state index in [4.69, 9.17) is 4.74 Å². The molecule has 8 heteroatoms. The minimum Gasteiger partial charge on any atom is -0.465 e. The van der Waals surface area contributed by atoms with Crippen LogP contribution in [0.4, 0.5) is 0 Å². The lowest BCUT2D eigenvalue weighted by molar-refractivity contribution is -0.134. The van der Waals surface area contributed by atoms with Gasteiger partial charge in [0, 0.05) is 37.4 Å². The maximum Gasteiger partial charge on any atom is 0.337 e. The van der Waals surface area contributed by atoms with Gasteiger partial charge in [0.1, 0.15) is 11.8 Å². The average Bonchev–Trinajstić information content (AvgIpc) is 2.87. The zero-order valence-electron chi connectivity index (χ0n) is 20.9. The zero-order chi connectivity index (χ0) is 25.9. The lowest BCUT2D eigenvalue weighted by atomic mass is 9.83. The fourth-order valence-electron chi connectivity index (χ4n) is 4.85. The minimum absolute atomic E-state index is 0.0165. The van der Waals surface area contributed by atoms with Crippen molar-refractivity contribution in [3.63, 3.8) is 0 Å². The van der Waals surface area contributed by atoms with E-state index in [1.54, 1.807) is 35.2 Å². The first kappa shape index (κ1) is 25.4. The van der Waals surface area contributed by atoms with Crippen LogP contribution in [0.5, 0.6) is 0 Å². The van der Waals surface area contributed by atoms with Gasteiger partial charge in [-0.25, -0.2) is 9.79 Å². The van der Waals surface area contributed by atoms with Gasteiger partial charge in [0.05, 0.1) is 18.4 Å². The van der Waals surface area contributed by atoms with E-state index >= 15 is 0 Å². The summed E-state index contributed by atoms with van der Waals surface area (Å²) in [4.78, 5) is 60.8. The molecule has 1 aromatic rings. The summed E-state index contributed by atoms with van der Waals surface area (Å²) >= 11 is 0. The number of rotatable bonds is 7. The van der Waals surface area contributed by atoms with Crippen molar-refractivity contribution in [1.29, 1.82) is 0 Å². The van der Waals surface area contributed by atoms with E-state index in [1.165, 1.54) is 7.11 Å². The molecule has 1 saturated heterocycles. The highest BCUT2D eigenvalue weighted by Gasteiger charge is 2.33. The number of piperidine rings is 1. The predicted octanol–water partition coefficient (Wildman–Crippen LogP) is 3.82. The molecule has 1 fully saturated rings. The molecular weight excluding hydrogens is 458 g/mol. The molecule has 1 unspecified atom stereocenters. The van der Waals surface area contributed by atoms with Crippen molar-refractivity contribution in [2.24, 2.45) is 27.2 Å². The summed E-state index contributed by atoms with van der Waals surface area (Å²) in [5, 5.41) is 0. The summed E-state index contributed by atoms with van der Waals surface area (Å²) < 4.78 is 4.74. The highest BCUT2D eigenvalue weighted by Crippen LogP contribution is 2.31. The lowest BCUT2D eigenvalue weighted by Crippen LogP contribution is -2.42. The Bertz CT molecular complexity index is 1200. The highest BCUT2D eigenvalue weighted by molar-refractivity contribution is 6.21. The molecule has 0 N–H and O–H groups in total. The monoisotopic (exact) mass is 489 g/mol. The van der Waals surface area contributed by atoms with Crippen LogP contribution < -0.4 is 0 Å². The van der Waals surface area contributed by atoms with Gasteiger partial charge in [0.2, 0.25) is 5.91 Å². The Morgan fingerprint density at radius 2 is 1.81 bits per heavy atom. The number of hydrogen-bond acceptors (Lipinski definition) is 6.